The number of carbonyl (C=O) groups is 1. The third-order valence-electron chi connectivity index (χ3n) is 2.11. The molecule has 0 fully saturated rings. The van der Waals surface area contributed by atoms with Gasteiger partial charge in [-0.05, 0) is 11.6 Å². The van der Waals surface area contributed by atoms with Gasteiger partial charge in [0.05, 0.1) is 9.95 Å². The SMILES string of the molecule is NC(=O)CCNCc1ccc([N+](=O)[O-])cc1Cl. The number of nitrogens with zero attached hydrogens (tertiary/aromatic N) is 1. The number of benzene rings is 1. The highest BCUT2D eigenvalue weighted by Gasteiger charge is 2.08. The zero-order valence-electron chi connectivity index (χ0n) is 8.98. The fraction of sp³-hybridized carbons (Fsp3) is 0.300. The van der Waals surface area contributed by atoms with E-state index in [1.54, 1.807) is 6.07 Å². The van der Waals surface area contributed by atoms with E-state index < -0.39 is 4.92 Å². The molecule has 0 atom stereocenters. The van der Waals surface area contributed by atoms with Crippen molar-refractivity contribution in [3.05, 3.63) is 38.9 Å². The fourth-order valence-electron chi connectivity index (χ4n) is 1.23. The lowest BCUT2D eigenvalue weighted by Gasteiger charge is -2.05. The Kier molecular flexibility index (Phi) is 4.86. The van der Waals surface area contributed by atoms with E-state index in [0.29, 0.717) is 18.1 Å². The summed E-state index contributed by atoms with van der Waals surface area (Å²) in [7, 11) is 0. The van der Waals surface area contributed by atoms with Crippen LogP contribution in [0.1, 0.15) is 12.0 Å². The highest BCUT2D eigenvalue weighted by molar-refractivity contribution is 6.31. The van der Waals surface area contributed by atoms with E-state index in [4.69, 9.17) is 17.3 Å². The summed E-state index contributed by atoms with van der Waals surface area (Å²) in [5.41, 5.74) is 5.67. The number of nitrogens with one attached hydrogen (secondary N) is 1. The normalized spacial score (nSPS) is 10.2. The van der Waals surface area contributed by atoms with Crippen molar-refractivity contribution in [3.8, 4) is 0 Å². The maximum absolute atomic E-state index is 10.5. The van der Waals surface area contributed by atoms with Gasteiger partial charge in [-0.15, -0.1) is 0 Å². The Balaban J connectivity index is 2.54. The molecule has 0 aliphatic heterocycles. The first-order valence-electron chi connectivity index (χ1n) is 4.92. The van der Waals surface area contributed by atoms with Crippen LogP contribution < -0.4 is 11.1 Å². The van der Waals surface area contributed by atoms with Gasteiger partial charge < -0.3 is 11.1 Å². The molecule has 0 aromatic heterocycles. The molecule has 0 saturated heterocycles. The third kappa shape index (κ3) is 4.38. The molecule has 0 unspecified atom stereocenters. The molecule has 7 heteroatoms. The molecule has 1 aromatic carbocycles. The molecule has 1 aromatic rings. The molecule has 0 saturated carbocycles. The summed E-state index contributed by atoms with van der Waals surface area (Å²) in [6, 6.07) is 4.27. The summed E-state index contributed by atoms with van der Waals surface area (Å²) in [6.07, 6.45) is 0.241. The van der Waals surface area contributed by atoms with Crippen LogP contribution in [-0.4, -0.2) is 17.4 Å². The zero-order valence-corrected chi connectivity index (χ0v) is 9.74. The minimum absolute atomic E-state index is 0.0455. The van der Waals surface area contributed by atoms with Gasteiger partial charge >= 0.3 is 0 Å². The number of nitro benzene ring substituents is 1. The van der Waals surface area contributed by atoms with Gasteiger partial charge in [0.1, 0.15) is 0 Å². The van der Waals surface area contributed by atoms with Crippen molar-refractivity contribution < 1.29 is 9.72 Å². The summed E-state index contributed by atoms with van der Waals surface area (Å²) in [5, 5.41) is 13.8. The van der Waals surface area contributed by atoms with Crippen molar-refractivity contribution in [1.29, 1.82) is 0 Å². The minimum Gasteiger partial charge on any atom is -0.370 e. The molecule has 1 rings (SSSR count). The lowest BCUT2D eigenvalue weighted by atomic mass is 10.2. The van der Waals surface area contributed by atoms with Crippen LogP contribution in [-0.2, 0) is 11.3 Å². The largest absolute Gasteiger partial charge is 0.370 e. The van der Waals surface area contributed by atoms with Gasteiger partial charge in [-0.1, -0.05) is 11.6 Å². The minimum atomic E-state index is -0.504. The van der Waals surface area contributed by atoms with Crippen molar-refractivity contribution in [2.24, 2.45) is 5.73 Å². The molecular formula is C10H12ClN3O3. The topological polar surface area (TPSA) is 98.3 Å². The van der Waals surface area contributed by atoms with Gasteiger partial charge in [-0.3, -0.25) is 14.9 Å². The molecule has 0 bridgehead atoms. The number of amides is 1. The quantitative estimate of drug-likeness (QED) is 0.455. The van der Waals surface area contributed by atoms with E-state index in [9.17, 15) is 14.9 Å². The smallest absolute Gasteiger partial charge is 0.270 e. The number of nitro groups is 1. The molecule has 0 aliphatic rings. The number of hydrogen-bond donors (Lipinski definition) is 2. The number of halogens is 1. The predicted molar refractivity (Wildman–Crippen MR) is 63.6 cm³/mol. The van der Waals surface area contributed by atoms with E-state index in [1.807, 2.05) is 0 Å². The standard InChI is InChI=1S/C10H12ClN3O3/c11-9-5-8(14(16)17)2-1-7(9)6-13-4-3-10(12)15/h1-2,5,13H,3-4,6H2,(H2,12,15). The summed E-state index contributed by atoms with van der Waals surface area (Å²) in [4.78, 5) is 20.5. The zero-order chi connectivity index (χ0) is 12.8. The molecule has 0 spiro atoms. The molecule has 3 N–H and O–H groups in total. The number of rotatable bonds is 6. The Hall–Kier alpha value is -1.66. The van der Waals surface area contributed by atoms with Crippen molar-refractivity contribution in [2.75, 3.05) is 6.54 Å². The van der Waals surface area contributed by atoms with Crippen molar-refractivity contribution >= 4 is 23.2 Å². The second-order valence-corrected chi connectivity index (χ2v) is 3.83. The molecule has 17 heavy (non-hydrogen) atoms. The van der Waals surface area contributed by atoms with Crippen LogP contribution >= 0.6 is 11.6 Å². The lowest BCUT2D eigenvalue weighted by molar-refractivity contribution is -0.384. The lowest BCUT2D eigenvalue weighted by Crippen LogP contribution is -2.21. The van der Waals surface area contributed by atoms with Gasteiger partial charge in [0.2, 0.25) is 5.91 Å². The Bertz CT molecular complexity index is 437. The van der Waals surface area contributed by atoms with Gasteiger partial charge in [-0.25, -0.2) is 0 Å². The molecule has 1 amide bonds. The van der Waals surface area contributed by atoms with Crippen LogP contribution in [0.15, 0.2) is 18.2 Å². The average molecular weight is 258 g/mol. The summed E-state index contributed by atoms with van der Waals surface area (Å²) in [6.45, 7) is 0.882. The maximum atomic E-state index is 10.5. The number of non-ortho nitro benzene ring substituents is 1. The molecular weight excluding hydrogens is 246 g/mol. The maximum Gasteiger partial charge on any atom is 0.270 e. The Morgan fingerprint density at radius 2 is 2.24 bits per heavy atom. The van der Waals surface area contributed by atoms with Crippen molar-refractivity contribution in [1.82, 2.24) is 5.32 Å². The summed E-state index contributed by atoms with van der Waals surface area (Å²) >= 11 is 5.88. The third-order valence-corrected chi connectivity index (χ3v) is 2.46. The van der Waals surface area contributed by atoms with E-state index >= 15 is 0 Å². The van der Waals surface area contributed by atoms with Gasteiger partial charge in [0, 0.05) is 31.6 Å². The fourth-order valence-corrected chi connectivity index (χ4v) is 1.47. The molecule has 0 heterocycles. The van der Waals surface area contributed by atoms with Crippen molar-refractivity contribution in [3.63, 3.8) is 0 Å². The van der Waals surface area contributed by atoms with Crippen LogP contribution in [0.3, 0.4) is 0 Å². The number of primary amides is 1. The summed E-state index contributed by atoms with van der Waals surface area (Å²) < 4.78 is 0. The number of carbonyl (C=O) groups excluding carboxylic acids is 1. The van der Waals surface area contributed by atoms with E-state index in [2.05, 4.69) is 5.32 Å². The Labute approximate surface area is 103 Å². The monoisotopic (exact) mass is 257 g/mol. The summed E-state index contributed by atoms with van der Waals surface area (Å²) in [5.74, 6) is -0.382. The van der Waals surface area contributed by atoms with E-state index in [-0.39, 0.29) is 18.0 Å². The van der Waals surface area contributed by atoms with Crippen LogP contribution in [0, 0.1) is 10.1 Å². The highest BCUT2D eigenvalue weighted by atomic mass is 35.5. The van der Waals surface area contributed by atoms with Gasteiger partial charge in [-0.2, -0.15) is 0 Å². The van der Waals surface area contributed by atoms with E-state index in [0.717, 1.165) is 5.56 Å². The van der Waals surface area contributed by atoms with Crippen LogP contribution in [0.4, 0.5) is 5.69 Å². The number of hydrogen-bond acceptors (Lipinski definition) is 4. The molecule has 0 aliphatic carbocycles. The predicted octanol–water partition coefficient (Wildman–Crippen LogP) is 1.21. The van der Waals surface area contributed by atoms with Gasteiger partial charge in [0.15, 0.2) is 0 Å². The molecule has 6 nitrogen and oxygen atoms in total. The first-order chi connectivity index (χ1) is 8.00. The highest BCUT2D eigenvalue weighted by Crippen LogP contribution is 2.22. The molecule has 92 valence electrons. The first kappa shape index (κ1) is 13.4. The van der Waals surface area contributed by atoms with Crippen LogP contribution in [0.5, 0.6) is 0 Å². The number of nitrogens with two attached hydrogens (primary N) is 1. The Morgan fingerprint density at radius 3 is 2.76 bits per heavy atom. The van der Waals surface area contributed by atoms with Crippen LogP contribution in [0.2, 0.25) is 5.02 Å². The van der Waals surface area contributed by atoms with Crippen LogP contribution in [0.25, 0.3) is 0 Å². The Morgan fingerprint density at radius 1 is 1.53 bits per heavy atom. The van der Waals surface area contributed by atoms with Gasteiger partial charge in [0.25, 0.3) is 5.69 Å². The first-order valence-corrected chi connectivity index (χ1v) is 5.30. The van der Waals surface area contributed by atoms with Crippen molar-refractivity contribution in [2.45, 2.75) is 13.0 Å². The van der Waals surface area contributed by atoms with E-state index in [1.165, 1.54) is 12.1 Å². The second-order valence-electron chi connectivity index (χ2n) is 3.43. The average Bonchev–Trinajstić information content (AvgIpc) is 2.25. The second kappa shape index (κ2) is 6.17. The molecule has 0 radical (unpaired) electrons.